The number of esters is 1. The summed E-state index contributed by atoms with van der Waals surface area (Å²) >= 11 is 0. The van der Waals surface area contributed by atoms with Crippen LogP contribution in [0.4, 0.5) is 0 Å². The van der Waals surface area contributed by atoms with Crippen molar-refractivity contribution < 1.29 is 9.53 Å². The zero-order valence-electron chi connectivity index (χ0n) is 9.72. The molecule has 0 amide bonds. The maximum absolute atomic E-state index is 10.8. The van der Waals surface area contributed by atoms with E-state index in [9.17, 15) is 4.79 Å². The molecule has 1 atom stereocenters. The van der Waals surface area contributed by atoms with Crippen LogP contribution in [0.15, 0.2) is 24.5 Å². The molecule has 1 fully saturated rings. The van der Waals surface area contributed by atoms with E-state index in [1.54, 1.807) is 18.3 Å². The minimum Gasteiger partial charge on any atom is -0.465 e. The van der Waals surface area contributed by atoms with Gasteiger partial charge in [0.1, 0.15) is 0 Å². The van der Waals surface area contributed by atoms with Crippen LogP contribution in [0.3, 0.4) is 0 Å². The van der Waals surface area contributed by atoms with Crippen molar-refractivity contribution in [1.82, 2.24) is 4.98 Å². The summed E-state index contributed by atoms with van der Waals surface area (Å²) in [6, 6.07) is 3.80. The topological polar surface area (TPSA) is 65.2 Å². The minimum absolute atomic E-state index is 0.354. The second-order valence-electron chi connectivity index (χ2n) is 3.93. The van der Waals surface area contributed by atoms with Crippen molar-refractivity contribution in [3.8, 4) is 0 Å². The van der Waals surface area contributed by atoms with Gasteiger partial charge in [-0.25, -0.2) is 4.79 Å². The van der Waals surface area contributed by atoms with Crippen molar-refractivity contribution in [3.63, 3.8) is 0 Å². The van der Waals surface area contributed by atoms with Crippen LogP contribution in [0.25, 0.3) is 0 Å². The third kappa shape index (κ3) is 4.40. The molecule has 0 aliphatic heterocycles. The summed E-state index contributed by atoms with van der Waals surface area (Å²) in [6.07, 6.45) is 5.81. The predicted octanol–water partition coefficient (Wildman–Crippen LogP) is 1.61. The van der Waals surface area contributed by atoms with E-state index in [1.807, 2.05) is 0 Å². The number of ether oxygens (including phenoxy) is 1. The molecule has 1 aliphatic rings. The highest BCUT2D eigenvalue weighted by molar-refractivity contribution is 5.88. The average molecular weight is 222 g/mol. The van der Waals surface area contributed by atoms with Gasteiger partial charge in [0.2, 0.25) is 0 Å². The molecule has 88 valence electrons. The zero-order chi connectivity index (χ0) is 12.0. The van der Waals surface area contributed by atoms with E-state index in [0.717, 1.165) is 5.92 Å². The summed E-state index contributed by atoms with van der Waals surface area (Å²) in [5, 5.41) is 0. The van der Waals surface area contributed by atoms with Gasteiger partial charge in [-0.1, -0.05) is 0 Å². The molecule has 0 saturated heterocycles. The first-order valence-corrected chi connectivity index (χ1v) is 5.39. The maximum atomic E-state index is 10.8. The van der Waals surface area contributed by atoms with Crippen LogP contribution in [-0.4, -0.2) is 24.1 Å². The van der Waals surface area contributed by atoms with Gasteiger partial charge in [-0.15, -0.1) is 0 Å². The second kappa shape index (κ2) is 6.23. The lowest BCUT2D eigenvalue weighted by Crippen LogP contribution is -2.16. The van der Waals surface area contributed by atoms with Crippen molar-refractivity contribution in [3.05, 3.63) is 30.1 Å². The van der Waals surface area contributed by atoms with Crippen LogP contribution in [0.2, 0.25) is 0 Å². The molecule has 1 aromatic rings. The van der Waals surface area contributed by atoms with Gasteiger partial charge in [0.25, 0.3) is 0 Å². The maximum Gasteiger partial charge on any atom is 0.339 e. The Morgan fingerprint density at radius 2 is 2.31 bits per heavy atom. The molecular formula is C12H18N2O2. The second-order valence-corrected chi connectivity index (χ2v) is 3.93. The van der Waals surface area contributed by atoms with E-state index in [1.165, 1.54) is 26.1 Å². The molecule has 0 bridgehead atoms. The van der Waals surface area contributed by atoms with Crippen molar-refractivity contribution in [2.24, 2.45) is 11.7 Å². The van der Waals surface area contributed by atoms with Gasteiger partial charge in [0, 0.05) is 18.4 Å². The van der Waals surface area contributed by atoms with E-state index >= 15 is 0 Å². The highest BCUT2D eigenvalue weighted by atomic mass is 16.5. The molecular weight excluding hydrogens is 204 g/mol. The van der Waals surface area contributed by atoms with Gasteiger partial charge < -0.3 is 10.5 Å². The molecule has 1 aromatic heterocycles. The number of rotatable bonds is 2. The number of nitrogens with two attached hydrogens (primary N) is 1. The monoisotopic (exact) mass is 222 g/mol. The molecule has 0 spiro atoms. The Bertz CT molecular complexity index is 321. The fourth-order valence-electron chi connectivity index (χ4n) is 1.22. The predicted molar refractivity (Wildman–Crippen MR) is 61.9 cm³/mol. The lowest BCUT2D eigenvalue weighted by molar-refractivity contribution is 0.0600. The largest absolute Gasteiger partial charge is 0.465 e. The smallest absolute Gasteiger partial charge is 0.339 e. The van der Waals surface area contributed by atoms with Crippen molar-refractivity contribution in [2.45, 2.75) is 25.8 Å². The van der Waals surface area contributed by atoms with Crippen LogP contribution < -0.4 is 5.73 Å². The SMILES string of the molecule is CC(N)C1CC1.COC(=O)c1cccnc1. The average Bonchev–Trinajstić information content (AvgIpc) is 3.14. The summed E-state index contributed by atoms with van der Waals surface area (Å²) < 4.78 is 4.46. The van der Waals surface area contributed by atoms with Gasteiger partial charge >= 0.3 is 5.97 Å². The van der Waals surface area contributed by atoms with Gasteiger partial charge in [-0.05, 0) is 37.8 Å². The summed E-state index contributed by atoms with van der Waals surface area (Å²) in [7, 11) is 1.34. The summed E-state index contributed by atoms with van der Waals surface area (Å²) in [6.45, 7) is 2.08. The summed E-state index contributed by atoms with van der Waals surface area (Å²) in [5.41, 5.74) is 5.97. The van der Waals surface area contributed by atoms with Crippen LogP contribution in [0.1, 0.15) is 30.1 Å². The number of aromatic nitrogens is 1. The Balaban J connectivity index is 0.000000181. The van der Waals surface area contributed by atoms with E-state index < -0.39 is 0 Å². The Hall–Kier alpha value is -1.42. The van der Waals surface area contributed by atoms with E-state index in [-0.39, 0.29) is 5.97 Å². The first kappa shape index (κ1) is 12.6. The van der Waals surface area contributed by atoms with Gasteiger partial charge in [0.05, 0.1) is 12.7 Å². The molecule has 2 N–H and O–H groups in total. The van der Waals surface area contributed by atoms with E-state index in [0.29, 0.717) is 11.6 Å². The number of methoxy groups -OCH3 is 1. The molecule has 2 rings (SSSR count). The molecule has 1 saturated carbocycles. The molecule has 0 aromatic carbocycles. The quantitative estimate of drug-likeness (QED) is 0.772. The Morgan fingerprint density at radius 3 is 2.62 bits per heavy atom. The fraction of sp³-hybridized carbons (Fsp3) is 0.500. The Morgan fingerprint density at radius 1 is 1.62 bits per heavy atom. The van der Waals surface area contributed by atoms with Gasteiger partial charge in [-0.3, -0.25) is 4.98 Å². The third-order valence-corrected chi connectivity index (χ3v) is 2.45. The van der Waals surface area contributed by atoms with Crippen molar-refractivity contribution >= 4 is 5.97 Å². The molecule has 1 unspecified atom stereocenters. The highest BCUT2D eigenvalue weighted by Gasteiger charge is 2.24. The van der Waals surface area contributed by atoms with Crippen LogP contribution >= 0.6 is 0 Å². The minimum atomic E-state index is -0.354. The molecule has 4 nitrogen and oxygen atoms in total. The number of nitrogens with zero attached hydrogens (tertiary/aromatic N) is 1. The zero-order valence-corrected chi connectivity index (χ0v) is 9.72. The standard InChI is InChI=1S/C7H7NO2.C5H11N/c1-10-7(9)6-3-2-4-8-5-6;1-4(6)5-2-3-5/h2-5H,1H3;4-5H,2-3,6H2,1H3. The Kier molecular flexibility index (Phi) is 4.92. The molecule has 1 heterocycles. The number of carbonyl (C=O) groups is 1. The van der Waals surface area contributed by atoms with Gasteiger partial charge in [0.15, 0.2) is 0 Å². The number of hydrogen-bond donors (Lipinski definition) is 1. The van der Waals surface area contributed by atoms with Crippen LogP contribution in [0.5, 0.6) is 0 Å². The number of pyridine rings is 1. The fourth-order valence-corrected chi connectivity index (χ4v) is 1.22. The molecule has 16 heavy (non-hydrogen) atoms. The number of hydrogen-bond acceptors (Lipinski definition) is 4. The number of carbonyl (C=O) groups excluding carboxylic acids is 1. The normalized spacial score (nSPS) is 15.7. The highest BCUT2D eigenvalue weighted by Crippen LogP contribution is 2.30. The van der Waals surface area contributed by atoms with Crippen LogP contribution in [-0.2, 0) is 4.74 Å². The lowest BCUT2D eigenvalue weighted by Gasteiger charge is -1.95. The first-order valence-electron chi connectivity index (χ1n) is 5.39. The molecule has 1 aliphatic carbocycles. The van der Waals surface area contributed by atoms with Crippen molar-refractivity contribution in [2.75, 3.05) is 7.11 Å². The van der Waals surface area contributed by atoms with Gasteiger partial charge in [-0.2, -0.15) is 0 Å². The van der Waals surface area contributed by atoms with Crippen molar-refractivity contribution in [1.29, 1.82) is 0 Å². The summed E-state index contributed by atoms with van der Waals surface area (Å²) in [4.78, 5) is 14.5. The lowest BCUT2D eigenvalue weighted by atomic mass is 10.2. The summed E-state index contributed by atoms with van der Waals surface area (Å²) in [5.74, 6) is 0.526. The Labute approximate surface area is 95.8 Å². The molecule has 0 radical (unpaired) electrons. The van der Waals surface area contributed by atoms with Crippen LogP contribution in [0, 0.1) is 5.92 Å². The first-order chi connectivity index (χ1) is 7.65. The van der Waals surface area contributed by atoms with E-state index in [4.69, 9.17) is 5.73 Å². The third-order valence-electron chi connectivity index (χ3n) is 2.45. The molecule has 4 heteroatoms. The van der Waals surface area contributed by atoms with E-state index in [2.05, 4.69) is 16.6 Å².